The molecule has 0 radical (unpaired) electrons. The zero-order chi connectivity index (χ0) is 14.1. The van der Waals surface area contributed by atoms with Gasteiger partial charge in [-0.3, -0.25) is 10.1 Å². The second-order valence-electron chi connectivity index (χ2n) is 5.87. The van der Waals surface area contributed by atoms with Crippen LogP contribution in [-0.4, -0.2) is 17.5 Å². The summed E-state index contributed by atoms with van der Waals surface area (Å²) < 4.78 is 0. The van der Waals surface area contributed by atoms with Crippen molar-refractivity contribution in [2.75, 3.05) is 6.54 Å². The number of fused-ring (bicyclic) bond motifs is 1. The topological polar surface area (TPSA) is 55.2 Å². The highest BCUT2D eigenvalue weighted by molar-refractivity contribution is 5.77. The summed E-state index contributed by atoms with van der Waals surface area (Å²) in [6, 6.07) is 5.91. The predicted molar refractivity (Wildman–Crippen MR) is 79.7 cm³/mol. The zero-order valence-electron chi connectivity index (χ0n) is 11.8. The highest BCUT2D eigenvalue weighted by atomic mass is 16.6. The van der Waals surface area contributed by atoms with Gasteiger partial charge in [0.15, 0.2) is 0 Å². The molecule has 1 N–H and O–H groups in total. The van der Waals surface area contributed by atoms with Crippen LogP contribution in [0.4, 0.5) is 5.69 Å². The summed E-state index contributed by atoms with van der Waals surface area (Å²) in [6.07, 6.45) is 5.63. The molecule has 1 fully saturated rings. The molecule has 0 amide bonds. The number of allylic oxidation sites excluding steroid dienone is 2. The molecule has 1 aromatic carbocycles. The van der Waals surface area contributed by atoms with Crippen molar-refractivity contribution < 1.29 is 4.92 Å². The molecule has 0 aromatic heterocycles. The van der Waals surface area contributed by atoms with E-state index in [9.17, 15) is 10.1 Å². The van der Waals surface area contributed by atoms with Crippen LogP contribution in [0.15, 0.2) is 23.8 Å². The van der Waals surface area contributed by atoms with Crippen LogP contribution in [0.25, 0.3) is 5.57 Å². The molecule has 1 unspecified atom stereocenters. The fraction of sp³-hybridized carbons (Fsp3) is 0.500. The van der Waals surface area contributed by atoms with Crippen molar-refractivity contribution in [2.45, 2.75) is 45.1 Å². The van der Waals surface area contributed by atoms with E-state index in [0.29, 0.717) is 6.04 Å². The first kappa shape index (κ1) is 13.3. The molecule has 1 saturated heterocycles. The number of hydrogen-bond donors (Lipinski definition) is 1. The molecular formula is C16H20N2O2. The summed E-state index contributed by atoms with van der Waals surface area (Å²) in [5.74, 6) is 0. The highest BCUT2D eigenvalue weighted by Gasteiger charge is 2.23. The molecule has 0 spiro atoms. The average Bonchev–Trinajstić information content (AvgIpc) is 3.02. The minimum atomic E-state index is -0.302. The van der Waals surface area contributed by atoms with Gasteiger partial charge in [0.2, 0.25) is 0 Å². The van der Waals surface area contributed by atoms with Gasteiger partial charge in [0.1, 0.15) is 0 Å². The Morgan fingerprint density at radius 2 is 2.30 bits per heavy atom. The molecule has 106 valence electrons. The summed E-state index contributed by atoms with van der Waals surface area (Å²) in [6.45, 7) is 3.29. The predicted octanol–water partition coefficient (Wildman–Crippen LogP) is 3.46. The molecule has 0 bridgehead atoms. The maximum atomic E-state index is 10.9. The number of nitrogens with one attached hydrogen (secondary N) is 1. The van der Waals surface area contributed by atoms with Crippen LogP contribution in [0.2, 0.25) is 0 Å². The number of hydrogen-bond acceptors (Lipinski definition) is 3. The van der Waals surface area contributed by atoms with Crippen LogP contribution in [-0.2, 0) is 6.42 Å². The largest absolute Gasteiger partial charge is 0.314 e. The van der Waals surface area contributed by atoms with Gasteiger partial charge in [-0.05, 0) is 62.3 Å². The molecule has 2 aliphatic rings. The fourth-order valence-electron chi connectivity index (χ4n) is 3.41. The molecule has 1 aliphatic carbocycles. The maximum Gasteiger partial charge on any atom is 0.270 e. The fourth-order valence-corrected chi connectivity index (χ4v) is 3.41. The van der Waals surface area contributed by atoms with Gasteiger partial charge >= 0.3 is 0 Å². The number of nitro benzene ring substituents is 1. The van der Waals surface area contributed by atoms with Crippen molar-refractivity contribution in [1.29, 1.82) is 0 Å². The molecule has 20 heavy (non-hydrogen) atoms. The van der Waals surface area contributed by atoms with E-state index in [1.165, 1.54) is 29.6 Å². The van der Waals surface area contributed by atoms with E-state index in [4.69, 9.17) is 0 Å². The van der Waals surface area contributed by atoms with Crippen molar-refractivity contribution in [3.63, 3.8) is 0 Å². The van der Waals surface area contributed by atoms with Gasteiger partial charge in [0.05, 0.1) is 4.92 Å². The third-order valence-electron chi connectivity index (χ3n) is 4.51. The van der Waals surface area contributed by atoms with E-state index < -0.39 is 0 Å². The first-order valence-corrected chi connectivity index (χ1v) is 7.35. The second kappa shape index (κ2) is 5.37. The van der Waals surface area contributed by atoms with Crippen LogP contribution in [0.5, 0.6) is 0 Å². The zero-order valence-corrected chi connectivity index (χ0v) is 11.8. The van der Waals surface area contributed by atoms with Gasteiger partial charge < -0.3 is 5.32 Å². The van der Waals surface area contributed by atoms with Gasteiger partial charge in [-0.1, -0.05) is 11.6 Å². The Balaban J connectivity index is 1.79. The van der Waals surface area contributed by atoms with Crippen molar-refractivity contribution in [1.82, 2.24) is 5.32 Å². The first-order valence-electron chi connectivity index (χ1n) is 7.35. The monoisotopic (exact) mass is 272 g/mol. The third-order valence-corrected chi connectivity index (χ3v) is 4.51. The highest BCUT2D eigenvalue weighted by Crippen LogP contribution is 2.38. The Labute approximate surface area is 119 Å². The molecule has 1 aliphatic heterocycles. The minimum Gasteiger partial charge on any atom is -0.314 e. The summed E-state index contributed by atoms with van der Waals surface area (Å²) in [5.41, 5.74) is 5.25. The number of nitrogens with zero attached hydrogens (tertiary/aromatic N) is 1. The Morgan fingerprint density at radius 1 is 1.45 bits per heavy atom. The van der Waals surface area contributed by atoms with Crippen molar-refractivity contribution >= 4 is 11.3 Å². The summed E-state index contributed by atoms with van der Waals surface area (Å²) in [7, 11) is 0. The smallest absolute Gasteiger partial charge is 0.270 e. The summed E-state index contributed by atoms with van der Waals surface area (Å²) in [4.78, 5) is 10.6. The summed E-state index contributed by atoms with van der Waals surface area (Å²) in [5, 5.41) is 14.5. The van der Waals surface area contributed by atoms with Gasteiger partial charge in [0, 0.05) is 18.2 Å². The summed E-state index contributed by atoms with van der Waals surface area (Å²) >= 11 is 0. The Kier molecular flexibility index (Phi) is 3.57. The molecule has 4 nitrogen and oxygen atoms in total. The lowest BCUT2D eigenvalue weighted by molar-refractivity contribution is -0.384. The average molecular weight is 272 g/mol. The second-order valence-corrected chi connectivity index (χ2v) is 5.87. The van der Waals surface area contributed by atoms with Gasteiger partial charge in [-0.25, -0.2) is 0 Å². The number of nitro groups is 1. The molecule has 4 heteroatoms. The molecule has 1 aromatic rings. The molecular weight excluding hydrogens is 252 g/mol. The van der Waals surface area contributed by atoms with E-state index in [1.807, 2.05) is 6.07 Å². The Morgan fingerprint density at radius 3 is 3.00 bits per heavy atom. The van der Waals surface area contributed by atoms with Crippen LogP contribution < -0.4 is 5.32 Å². The molecule has 3 rings (SSSR count). The Hall–Kier alpha value is -1.68. The van der Waals surface area contributed by atoms with E-state index in [1.54, 1.807) is 12.1 Å². The third kappa shape index (κ3) is 2.48. The van der Waals surface area contributed by atoms with Gasteiger partial charge in [0.25, 0.3) is 5.69 Å². The SMILES string of the molecule is CC1=C(CCC2CCCN2)c2cc([N+](=O)[O-])ccc2C1. The number of non-ortho nitro benzene ring substituents is 1. The van der Waals surface area contributed by atoms with E-state index >= 15 is 0 Å². The van der Waals surface area contributed by atoms with Crippen LogP contribution >= 0.6 is 0 Å². The van der Waals surface area contributed by atoms with E-state index in [-0.39, 0.29) is 10.6 Å². The van der Waals surface area contributed by atoms with Crippen molar-refractivity contribution in [3.8, 4) is 0 Å². The van der Waals surface area contributed by atoms with E-state index in [2.05, 4.69) is 12.2 Å². The van der Waals surface area contributed by atoms with Gasteiger partial charge in [-0.2, -0.15) is 0 Å². The Bertz CT molecular complexity index is 572. The van der Waals surface area contributed by atoms with Crippen molar-refractivity contribution in [3.05, 3.63) is 45.0 Å². The number of benzene rings is 1. The lowest BCUT2D eigenvalue weighted by Gasteiger charge is -2.12. The van der Waals surface area contributed by atoms with Crippen LogP contribution in [0, 0.1) is 10.1 Å². The van der Waals surface area contributed by atoms with Crippen molar-refractivity contribution in [2.24, 2.45) is 0 Å². The van der Waals surface area contributed by atoms with Crippen LogP contribution in [0.3, 0.4) is 0 Å². The lowest BCUT2D eigenvalue weighted by atomic mass is 9.97. The van der Waals surface area contributed by atoms with Gasteiger partial charge in [-0.15, -0.1) is 0 Å². The molecule has 1 heterocycles. The maximum absolute atomic E-state index is 10.9. The normalized spacial score (nSPS) is 21.4. The number of rotatable bonds is 4. The molecule has 1 atom stereocenters. The first-order chi connectivity index (χ1) is 9.65. The minimum absolute atomic E-state index is 0.204. The standard InChI is InChI=1S/C16H20N2O2/c1-11-9-12-4-6-14(18(19)20)10-16(12)15(11)7-5-13-3-2-8-17-13/h4,6,10,13,17H,2-3,5,7-9H2,1H3. The van der Waals surface area contributed by atoms with E-state index in [0.717, 1.165) is 31.4 Å². The molecule has 0 saturated carbocycles. The van der Waals surface area contributed by atoms with Crippen LogP contribution in [0.1, 0.15) is 43.7 Å². The quantitative estimate of drug-likeness (QED) is 0.674. The lowest BCUT2D eigenvalue weighted by Crippen LogP contribution is -2.20.